The third-order valence-corrected chi connectivity index (χ3v) is 8.49. The van der Waals surface area contributed by atoms with Crippen LogP contribution in [0.4, 0.5) is 0 Å². The van der Waals surface area contributed by atoms with Crippen LogP contribution in [0.15, 0.2) is 29.2 Å². The van der Waals surface area contributed by atoms with Gasteiger partial charge in [0.1, 0.15) is 0 Å². The van der Waals surface area contributed by atoms with Crippen molar-refractivity contribution < 1.29 is 17.9 Å². The summed E-state index contributed by atoms with van der Waals surface area (Å²) >= 11 is 0. The number of hydrogen-bond donors (Lipinski definition) is 0. The summed E-state index contributed by atoms with van der Waals surface area (Å²) in [4.78, 5) is 15.7. The number of carbonyl (C=O) groups is 1. The average Bonchev–Trinajstić information content (AvgIpc) is 3.54. The Morgan fingerprint density at radius 1 is 0.967 bits per heavy atom. The van der Waals surface area contributed by atoms with Gasteiger partial charge >= 0.3 is 0 Å². The zero-order valence-electron chi connectivity index (χ0n) is 18.3. The molecule has 2 atom stereocenters. The van der Waals surface area contributed by atoms with Crippen molar-refractivity contribution in [3.05, 3.63) is 29.8 Å². The van der Waals surface area contributed by atoms with E-state index < -0.39 is 10.0 Å². The van der Waals surface area contributed by atoms with Gasteiger partial charge < -0.3 is 9.64 Å². The second kappa shape index (κ2) is 8.60. The van der Waals surface area contributed by atoms with Crippen molar-refractivity contribution in [2.45, 2.75) is 88.5 Å². The number of rotatable bonds is 5. The van der Waals surface area contributed by atoms with Gasteiger partial charge in [-0.2, -0.15) is 4.31 Å². The normalized spacial score (nSPS) is 30.8. The lowest BCUT2D eigenvalue weighted by molar-refractivity contribution is -0.0440. The van der Waals surface area contributed by atoms with E-state index in [1.165, 1.54) is 4.31 Å². The molecule has 6 nitrogen and oxygen atoms in total. The molecule has 1 heterocycles. The molecule has 0 radical (unpaired) electrons. The third-order valence-electron chi connectivity index (χ3n) is 6.66. The fourth-order valence-corrected chi connectivity index (χ4v) is 6.55. The van der Waals surface area contributed by atoms with Crippen LogP contribution in [-0.4, -0.2) is 60.9 Å². The van der Waals surface area contributed by atoms with Crippen LogP contribution in [-0.2, 0) is 14.8 Å². The first kappa shape index (κ1) is 21.8. The van der Waals surface area contributed by atoms with Gasteiger partial charge in [0, 0.05) is 30.7 Å². The Balaban J connectivity index is 1.57. The van der Waals surface area contributed by atoms with Crippen molar-refractivity contribution in [2.24, 2.45) is 5.92 Å². The molecule has 3 fully saturated rings. The second-order valence-corrected chi connectivity index (χ2v) is 11.4. The lowest BCUT2D eigenvalue weighted by Crippen LogP contribution is -2.48. The van der Waals surface area contributed by atoms with Gasteiger partial charge in [-0.3, -0.25) is 4.79 Å². The Labute approximate surface area is 180 Å². The topological polar surface area (TPSA) is 66.9 Å². The summed E-state index contributed by atoms with van der Waals surface area (Å²) in [5.41, 5.74) is 0.482. The molecule has 1 aliphatic heterocycles. The predicted molar refractivity (Wildman–Crippen MR) is 116 cm³/mol. The summed E-state index contributed by atoms with van der Waals surface area (Å²) in [7, 11) is -3.66. The second-order valence-electron chi connectivity index (χ2n) is 9.46. The van der Waals surface area contributed by atoms with E-state index in [-0.39, 0.29) is 29.1 Å². The van der Waals surface area contributed by atoms with Crippen LogP contribution in [0.3, 0.4) is 0 Å². The first-order valence-corrected chi connectivity index (χ1v) is 12.8. The van der Waals surface area contributed by atoms with Crippen molar-refractivity contribution in [3.63, 3.8) is 0 Å². The summed E-state index contributed by atoms with van der Waals surface area (Å²) in [6.07, 6.45) is 6.22. The van der Waals surface area contributed by atoms with Crippen LogP contribution >= 0.6 is 0 Å². The largest absolute Gasteiger partial charge is 0.373 e. The Morgan fingerprint density at radius 2 is 1.53 bits per heavy atom. The van der Waals surface area contributed by atoms with Crippen LogP contribution < -0.4 is 0 Å². The Kier molecular flexibility index (Phi) is 6.24. The minimum Gasteiger partial charge on any atom is -0.373 e. The SMILES string of the molecule is CC1CCC(N(C(=O)c2cccc(S(=O)(=O)N3CC(C)OC(C)C3)c2)C2CC2)CC1. The van der Waals surface area contributed by atoms with Gasteiger partial charge in [-0.1, -0.05) is 13.0 Å². The minimum absolute atomic E-state index is 0.0159. The molecule has 0 bridgehead atoms. The van der Waals surface area contributed by atoms with Gasteiger partial charge in [0.15, 0.2) is 0 Å². The average molecular weight is 435 g/mol. The molecule has 2 unspecified atom stereocenters. The summed E-state index contributed by atoms with van der Waals surface area (Å²) < 4.78 is 33.7. The molecular weight excluding hydrogens is 400 g/mol. The van der Waals surface area contributed by atoms with Crippen LogP contribution in [0.2, 0.25) is 0 Å². The molecule has 3 aliphatic rings. The maximum Gasteiger partial charge on any atom is 0.254 e. The van der Waals surface area contributed by atoms with Gasteiger partial charge in [0.2, 0.25) is 10.0 Å². The number of hydrogen-bond acceptors (Lipinski definition) is 4. The van der Waals surface area contributed by atoms with E-state index in [1.54, 1.807) is 24.3 Å². The number of carbonyl (C=O) groups excluding carboxylic acids is 1. The summed E-state index contributed by atoms with van der Waals surface area (Å²) in [6, 6.07) is 7.22. The van der Waals surface area contributed by atoms with Gasteiger partial charge in [0.25, 0.3) is 5.91 Å². The van der Waals surface area contributed by atoms with Crippen molar-refractivity contribution in [3.8, 4) is 0 Å². The van der Waals surface area contributed by atoms with E-state index in [9.17, 15) is 13.2 Å². The van der Waals surface area contributed by atoms with Gasteiger partial charge in [-0.15, -0.1) is 0 Å². The number of ether oxygens (including phenoxy) is 1. The van der Waals surface area contributed by atoms with E-state index in [0.29, 0.717) is 24.7 Å². The van der Waals surface area contributed by atoms with Crippen molar-refractivity contribution in [2.75, 3.05) is 13.1 Å². The molecule has 0 spiro atoms. The third kappa shape index (κ3) is 4.58. The predicted octanol–water partition coefficient (Wildman–Crippen LogP) is 3.67. The van der Waals surface area contributed by atoms with Gasteiger partial charge in [0.05, 0.1) is 17.1 Å². The lowest BCUT2D eigenvalue weighted by atomic mass is 9.86. The molecule has 2 saturated carbocycles. The number of amides is 1. The molecule has 1 saturated heterocycles. The Bertz CT molecular complexity index is 865. The van der Waals surface area contributed by atoms with E-state index in [2.05, 4.69) is 11.8 Å². The molecule has 1 amide bonds. The summed E-state index contributed by atoms with van der Waals surface area (Å²) in [5.74, 6) is 0.710. The molecule has 2 aliphatic carbocycles. The number of morpholine rings is 1. The van der Waals surface area contributed by atoms with Crippen LogP contribution in [0, 0.1) is 5.92 Å². The number of benzene rings is 1. The molecule has 7 heteroatoms. The molecule has 166 valence electrons. The van der Waals surface area contributed by atoms with Crippen LogP contribution in [0.5, 0.6) is 0 Å². The van der Waals surface area contributed by atoms with E-state index in [4.69, 9.17) is 4.74 Å². The maximum atomic E-state index is 13.5. The van der Waals surface area contributed by atoms with E-state index >= 15 is 0 Å². The highest BCUT2D eigenvalue weighted by molar-refractivity contribution is 7.89. The maximum absolute atomic E-state index is 13.5. The fraction of sp³-hybridized carbons (Fsp3) is 0.696. The zero-order valence-corrected chi connectivity index (χ0v) is 19.1. The molecule has 1 aromatic rings. The molecule has 4 rings (SSSR count). The first-order chi connectivity index (χ1) is 14.3. The smallest absolute Gasteiger partial charge is 0.254 e. The standard InChI is InChI=1S/C23H34N2O4S/c1-16-7-9-20(10-8-16)25(21-11-12-21)23(26)19-5-4-6-22(13-19)30(27,28)24-14-17(2)29-18(3)15-24/h4-6,13,16-18,20-21H,7-12,14-15H2,1-3H3. The summed E-state index contributed by atoms with van der Waals surface area (Å²) in [6.45, 7) is 6.72. The van der Waals surface area contributed by atoms with E-state index in [0.717, 1.165) is 44.4 Å². The minimum atomic E-state index is -3.66. The van der Waals surface area contributed by atoms with Crippen LogP contribution in [0.25, 0.3) is 0 Å². The number of nitrogens with zero attached hydrogens (tertiary/aromatic N) is 2. The molecule has 0 N–H and O–H groups in total. The van der Waals surface area contributed by atoms with Crippen LogP contribution in [0.1, 0.15) is 69.7 Å². The molecule has 0 aromatic heterocycles. The monoisotopic (exact) mass is 434 g/mol. The highest BCUT2D eigenvalue weighted by Gasteiger charge is 2.39. The van der Waals surface area contributed by atoms with Crippen molar-refractivity contribution in [1.29, 1.82) is 0 Å². The van der Waals surface area contributed by atoms with Gasteiger partial charge in [-0.05, 0) is 76.5 Å². The van der Waals surface area contributed by atoms with E-state index in [1.807, 2.05) is 13.8 Å². The molecule has 30 heavy (non-hydrogen) atoms. The quantitative estimate of drug-likeness (QED) is 0.709. The highest BCUT2D eigenvalue weighted by Crippen LogP contribution is 2.36. The molecule has 1 aromatic carbocycles. The first-order valence-electron chi connectivity index (χ1n) is 11.3. The fourth-order valence-electron chi connectivity index (χ4n) is 4.92. The highest BCUT2D eigenvalue weighted by atomic mass is 32.2. The van der Waals surface area contributed by atoms with Crippen molar-refractivity contribution in [1.82, 2.24) is 9.21 Å². The zero-order chi connectivity index (χ0) is 21.5. The Morgan fingerprint density at radius 3 is 2.10 bits per heavy atom. The molecular formula is C23H34N2O4S. The lowest BCUT2D eigenvalue weighted by Gasteiger charge is -2.37. The Hall–Kier alpha value is -1.44. The van der Waals surface area contributed by atoms with Crippen molar-refractivity contribution >= 4 is 15.9 Å². The number of sulfonamides is 1. The summed E-state index contributed by atoms with van der Waals surface area (Å²) in [5, 5.41) is 0. The van der Waals surface area contributed by atoms with Gasteiger partial charge in [-0.25, -0.2) is 8.42 Å².